The smallest absolute Gasteiger partial charge is 0.255 e. The Labute approximate surface area is 124 Å². The van der Waals surface area contributed by atoms with Crippen molar-refractivity contribution in [2.75, 3.05) is 13.1 Å². The highest BCUT2D eigenvalue weighted by Gasteiger charge is 2.33. The van der Waals surface area contributed by atoms with E-state index >= 15 is 0 Å². The van der Waals surface area contributed by atoms with E-state index in [4.69, 9.17) is 5.73 Å². The molecule has 0 aliphatic carbocycles. The molecule has 6 heteroatoms. The van der Waals surface area contributed by atoms with Crippen LogP contribution in [-0.2, 0) is 0 Å². The Morgan fingerprint density at radius 3 is 2.68 bits per heavy atom. The van der Waals surface area contributed by atoms with Crippen molar-refractivity contribution in [2.24, 2.45) is 11.7 Å². The van der Waals surface area contributed by atoms with Crippen molar-refractivity contribution < 1.29 is 13.6 Å². The van der Waals surface area contributed by atoms with Gasteiger partial charge in [-0.3, -0.25) is 4.79 Å². The molecule has 1 fully saturated rings. The van der Waals surface area contributed by atoms with Crippen molar-refractivity contribution in [3.63, 3.8) is 0 Å². The zero-order chi connectivity index (χ0) is 14.2. The van der Waals surface area contributed by atoms with Gasteiger partial charge >= 0.3 is 0 Å². The van der Waals surface area contributed by atoms with Crippen molar-refractivity contribution in [1.82, 2.24) is 4.90 Å². The van der Waals surface area contributed by atoms with Crippen LogP contribution in [0.2, 0.25) is 0 Å². The first-order valence-electron chi connectivity index (χ1n) is 6.09. The number of benzene rings is 1. The first-order valence-corrected chi connectivity index (χ1v) is 7.17. The van der Waals surface area contributed by atoms with Gasteiger partial charge < -0.3 is 10.6 Å². The van der Waals surface area contributed by atoms with Gasteiger partial charge in [0.2, 0.25) is 0 Å². The first-order chi connectivity index (χ1) is 8.93. The predicted octanol–water partition coefficient (Wildman–Crippen LogP) is 2.38. The average molecular weight is 380 g/mol. The minimum absolute atomic E-state index is 0.0740. The number of carbonyl (C=O) groups is 1. The molecule has 104 valence electrons. The van der Waals surface area contributed by atoms with Crippen LogP contribution in [0.5, 0.6) is 0 Å². The molecule has 2 rings (SSSR count). The lowest BCUT2D eigenvalue weighted by atomic mass is 10.1. The van der Waals surface area contributed by atoms with Crippen molar-refractivity contribution in [3.8, 4) is 0 Å². The summed E-state index contributed by atoms with van der Waals surface area (Å²) in [7, 11) is 0. The highest BCUT2D eigenvalue weighted by molar-refractivity contribution is 14.1. The fourth-order valence-electron chi connectivity index (χ4n) is 2.44. The molecule has 0 saturated carbocycles. The summed E-state index contributed by atoms with van der Waals surface area (Å²) in [5.74, 6) is -1.91. The lowest BCUT2D eigenvalue weighted by Crippen LogP contribution is -2.35. The van der Waals surface area contributed by atoms with Gasteiger partial charge in [-0.05, 0) is 60.5 Å². The third-order valence-electron chi connectivity index (χ3n) is 3.50. The maximum atomic E-state index is 13.3. The maximum Gasteiger partial charge on any atom is 0.255 e. The van der Waals surface area contributed by atoms with Gasteiger partial charge in [0.25, 0.3) is 5.91 Å². The lowest BCUT2D eigenvalue weighted by molar-refractivity contribution is 0.0741. The van der Waals surface area contributed by atoms with Crippen molar-refractivity contribution in [2.45, 2.75) is 19.4 Å². The molecular formula is C13H15F2IN2O. The molecule has 1 aliphatic heterocycles. The molecular weight excluding hydrogens is 365 g/mol. The van der Waals surface area contributed by atoms with Crippen LogP contribution in [0.3, 0.4) is 0 Å². The van der Waals surface area contributed by atoms with Crippen LogP contribution < -0.4 is 5.73 Å². The van der Waals surface area contributed by atoms with E-state index < -0.39 is 11.6 Å². The molecule has 1 aromatic rings. The topological polar surface area (TPSA) is 46.3 Å². The second-order valence-corrected chi connectivity index (χ2v) is 6.05. The summed E-state index contributed by atoms with van der Waals surface area (Å²) >= 11 is 1.85. The van der Waals surface area contributed by atoms with Crippen LogP contribution in [-0.4, -0.2) is 29.9 Å². The SMILES string of the molecule is CC1CC(CN)CN1C(=O)c1cc(F)c(F)cc1I. The van der Waals surface area contributed by atoms with Crippen LogP contribution in [0.1, 0.15) is 23.7 Å². The second kappa shape index (κ2) is 5.70. The first kappa shape index (κ1) is 14.6. The summed E-state index contributed by atoms with van der Waals surface area (Å²) in [5, 5.41) is 0. The molecule has 0 aromatic heterocycles. The van der Waals surface area contributed by atoms with Crippen molar-refractivity contribution in [1.29, 1.82) is 0 Å². The predicted molar refractivity (Wildman–Crippen MR) is 76.7 cm³/mol. The van der Waals surface area contributed by atoms with Crippen LogP contribution in [0.25, 0.3) is 0 Å². The van der Waals surface area contributed by atoms with Gasteiger partial charge in [0.05, 0.1) is 5.56 Å². The van der Waals surface area contributed by atoms with Gasteiger partial charge in [0, 0.05) is 16.2 Å². The van der Waals surface area contributed by atoms with E-state index in [1.807, 2.05) is 29.5 Å². The van der Waals surface area contributed by atoms with E-state index in [0.717, 1.165) is 18.6 Å². The highest BCUT2D eigenvalue weighted by Crippen LogP contribution is 2.26. The number of rotatable bonds is 2. The van der Waals surface area contributed by atoms with Gasteiger partial charge in [-0.1, -0.05) is 0 Å². The van der Waals surface area contributed by atoms with E-state index in [0.29, 0.717) is 16.7 Å². The Morgan fingerprint density at radius 2 is 2.11 bits per heavy atom. The van der Waals surface area contributed by atoms with E-state index in [2.05, 4.69) is 0 Å². The van der Waals surface area contributed by atoms with Gasteiger partial charge in [0.15, 0.2) is 11.6 Å². The van der Waals surface area contributed by atoms with Crippen LogP contribution in [0.4, 0.5) is 8.78 Å². The standard InChI is InChI=1S/C13H15F2IN2O/c1-7-2-8(5-17)6-18(7)13(19)9-3-10(14)11(15)4-12(9)16/h3-4,7-8H,2,5-6,17H2,1H3. The third kappa shape index (κ3) is 2.89. The van der Waals surface area contributed by atoms with Crippen LogP contribution in [0.15, 0.2) is 12.1 Å². The van der Waals surface area contributed by atoms with Gasteiger partial charge in [-0.2, -0.15) is 0 Å². The summed E-state index contributed by atoms with van der Waals surface area (Å²) in [6.45, 7) is 3.05. The molecule has 1 aromatic carbocycles. The number of likely N-dealkylation sites (tertiary alicyclic amines) is 1. The van der Waals surface area contributed by atoms with Crippen LogP contribution in [0, 0.1) is 21.1 Å². The normalized spacial score (nSPS) is 22.9. The maximum absolute atomic E-state index is 13.3. The minimum Gasteiger partial charge on any atom is -0.336 e. The molecule has 1 heterocycles. The summed E-state index contributed by atoms with van der Waals surface area (Å²) in [4.78, 5) is 14.1. The molecule has 2 unspecified atom stereocenters. The van der Waals surface area contributed by atoms with E-state index in [9.17, 15) is 13.6 Å². The number of nitrogens with two attached hydrogens (primary N) is 1. The molecule has 19 heavy (non-hydrogen) atoms. The lowest BCUT2D eigenvalue weighted by Gasteiger charge is -2.22. The number of hydrogen-bond donors (Lipinski definition) is 1. The Balaban J connectivity index is 2.27. The third-order valence-corrected chi connectivity index (χ3v) is 4.39. The number of hydrogen-bond acceptors (Lipinski definition) is 2. The van der Waals surface area contributed by atoms with Crippen LogP contribution >= 0.6 is 22.6 Å². The molecule has 1 saturated heterocycles. The number of carbonyl (C=O) groups excluding carboxylic acids is 1. The monoisotopic (exact) mass is 380 g/mol. The molecule has 1 amide bonds. The molecule has 2 atom stereocenters. The highest BCUT2D eigenvalue weighted by atomic mass is 127. The molecule has 1 aliphatic rings. The average Bonchev–Trinajstić information content (AvgIpc) is 2.74. The zero-order valence-corrected chi connectivity index (χ0v) is 12.7. The van der Waals surface area contributed by atoms with E-state index in [1.54, 1.807) is 4.90 Å². The second-order valence-electron chi connectivity index (χ2n) is 4.89. The van der Waals surface area contributed by atoms with Gasteiger partial charge in [-0.15, -0.1) is 0 Å². The largest absolute Gasteiger partial charge is 0.336 e. The molecule has 0 spiro atoms. The Bertz CT molecular complexity index is 510. The summed E-state index contributed by atoms with van der Waals surface area (Å²) in [5.41, 5.74) is 5.83. The number of amides is 1. The minimum atomic E-state index is -0.994. The molecule has 0 bridgehead atoms. The molecule has 3 nitrogen and oxygen atoms in total. The summed E-state index contributed by atoms with van der Waals surface area (Å²) < 4.78 is 26.8. The van der Waals surface area contributed by atoms with E-state index in [-0.39, 0.29) is 23.4 Å². The van der Waals surface area contributed by atoms with Crippen molar-refractivity contribution >= 4 is 28.5 Å². The quantitative estimate of drug-likeness (QED) is 0.633. The fourth-order valence-corrected chi connectivity index (χ4v) is 3.10. The summed E-state index contributed by atoms with van der Waals surface area (Å²) in [6, 6.07) is 2.09. The Kier molecular flexibility index (Phi) is 4.39. The number of nitrogens with zero attached hydrogens (tertiary/aromatic N) is 1. The fraction of sp³-hybridized carbons (Fsp3) is 0.462. The summed E-state index contributed by atoms with van der Waals surface area (Å²) in [6.07, 6.45) is 0.850. The molecule has 0 radical (unpaired) electrons. The van der Waals surface area contributed by atoms with Gasteiger partial charge in [-0.25, -0.2) is 8.78 Å². The number of halogens is 3. The van der Waals surface area contributed by atoms with E-state index in [1.165, 1.54) is 0 Å². The Hall–Kier alpha value is -0.760. The Morgan fingerprint density at radius 1 is 1.47 bits per heavy atom. The molecule has 2 N–H and O–H groups in total. The zero-order valence-electron chi connectivity index (χ0n) is 10.5. The van der Waals surface area contributed by atoms with Crippen molar-refractivity contribution in [3.05, 3.63) is 32.9 Å². The van der Waals surface area contributed by atoms with Gasteiger partial charge in [0.1, 0.15) is 0 Å².